The van der Waals surface area contributed by atoms with Gasteiger partial charge in [-0.3, -0.25) is 4.90 Å². The maximum Gasteiger partial charge on any atom is 0.281 e. The number of nitrogen functional groups attached to an aromatic ring is 1. The van der Waals surface area contributed by atoms with E-state index in [0.717, 1.165) is 4.68 Å². The number of likely N-dealkylation sites (tertiary alicyclic amines) is 1. The Bertz CT molecular complexity index is 1400. The minimum Gasteiger partial charge on any atom is -0.382 e. The number of rotatable bonds is 6. The minimum absolute atomic E-state index is 0.00908. The fourth-order valence-electron chi connectivity index (χ4n) is 4.41. The predicted octanol–water partition coefficient (Wildman–Crippen LogP) is 1.51. The summed E-state index contributed by atoms with van der Waals surface area (Å²) in [6.45, 7) is 0.0197. The molecule has 0 aliphatic carbocycles. The van der Waals surface area contributed by atoms with E-state index in [2.05, 4.69) is 30.7 Å². The average Bonchev–Trinajstić information content (AvgIpc) is 3.42. The summed E-state index contributed by atoms with van der Waals surface area (Å²) in [4.78, 5) is 10.3. The number of ether oxygens (including phenoxy) is 1. The summed E-state index contributed by atoms with van der Waals surface area (Å²) >= 11 is 0. The van der Waals surface area contributed by atoms with Crippen molar-refractivity contribution in [2.75, 3.05) is 37.4 Å². The molecule has 6 heterocycles. The van der Waals surface area contributed by atoms with Gasteiger partial charge in [-0.05, 0) is 18.2 Å². The molecule has 2 fully saturated rings. The van der Waals surface area contributed by atoms with Crippen LogP contribution in [0.2, 0.25) is 0 Å². The lowest BCUT2D eigenvalue weighted by molar-refractivity contribution is -0.0711. The number of nitrogens with zero attached hydrogens (tertiary/aromatic N) is 8. The van der Waals surface area contributed by atoms with Gasteiger partial charge < -0.3 is 15.8 Å². The lowest BCUT2D eigenvalue weighted by Gasteiger charge is -2.34. The minimum atomic E-state index is -2.97. The maximum absolute atomic E-state index is 14.6. The Morgan fingerprint density at radius 3 is 2.77 bits per heavy atom. The van der Waals surface area contributed by atoms with Crippen molar-refractivity contribution in [2.24, 2.45) is 0 Å². The second kappa shape index (κ2) is 7.98. The summed E-state index contributed by atoms with van der Waals surface area (Å²) in [6, 6.07) is 3.77. The zero-order valence-corrected chi connectivity index (χ0v) is 18.2. The van der Waals surface area contributed by atoms with Crippen LogP contribution in [-0.4, -0.2) is 90.2 Å². The molecular formula is C20H20F4N10O. The van der Waals surface area contributed by atoms with E-state index in [1.54, 1.807) is 29.3 Å². The van der Waals surface area contributed by atoms with Gasteiger partial charge in [-0.15, -0.1) is 10.2 Å². The van der Waals surface area contributed by atoms with E-state index in [1.807, 2.05) is 0 Å². The number of hydrogen-bond donors (Lipinski definition) is 2. The highest BCUT2D eigenvalue weighted by Crippen LogP contribution is 2.33. The van der Waals surface area contributed by atoms with E-state index in [4.69, 9.17) is 10.5 Å². The van der Waals surface area contributed by atoms with Crippen LogP contribution in [0.3, 0.4) is 0 Å². The zero-order valence-electron chi connectivity index (χ0n) is 18.2. The van der Waals surface area contributed by atoms with Gasteiger partial charge in [0.2, 0.25) is 5.95 Å². The van der Waals surface area contributed by atoms with Gasteiger partial charge in [0.1, 0.15) is 23.6 Å². The molecule has 0 saturated carbocycles. The maximum atomic E-state index is 14.6. The number of nitrogens with one attached hydrogen (secondary N) is 1. The summed E-state index contributed by atoms with van der Waals surface area (Å²) in [5.41, 5.74) is 8.14. The molecule has 11 nitrogen and oxygen atoms in total. The molecular weight excluding hydrogens is 472 g/mol. The molecule has 4 aromatic rings. The third-order valence-electron chi connectivity index (χ3n) is 6.27. The topological polar surface area (TPSA) is 124 Å². The first-order valence-corrected chi connectivity index (χ1v) is 10.9. The Kier molecular flexibility index (Phi) is 5.00. The van der Waals surface area contributed by atoms with E-state index >= 15 is 0 Å². The first-order chi connectivity index (χ1) is 16.8. The largest absolute Gasteiger partial charge is 0.382 e. The monoisotopic (exact) mass is 492 g/mol. The summed E-state index contributed by atoms with van der Waals surface area (Å²) in [5, 5.41) is 14.6. The molecule has 6 rings (SSSR count). The number of alkyl halides is 4. The normalized spacial score (nSPS) is 20.8. The van der Waals surface area contributed by atoms with Crippen LogP contribution in [0, 0.1) is 0 Å². The molecule has 4 aromatic heterocycles. The standard InChI is InChI=1S/C20H20F4N10O/c21-15(22)6-34-18-13(29-31-34)2-1-12(26-18)11-3-4-33-16(11)17(25)28-19(30-33)27-14-5-32(9-20(14,23)24)10-7-35-8-10/h1-4,10,14-15H,5-9H2,(H3,25,27,28,30)/t14-/m1/s1. The van der Waals surface area contributed by atoms with Crippen molar-refractivity contribution in [1.29, 1.82) is 0 Å². The van der Waals surface area contributed by atoms with E-state index < -0.39 is 24.9 Å². The first-order valence-electron chi connectivity index (χ1n) is 10.9. The Morgan fingerprint density at radius 2 is 2.03 bits per heavy atom. The molecule has 35 heavy (non-hydrogen) atoms. The molecule has 0 bridgehead atoms. The summed E-state index contributed by atoms with van der Waals surface area (Å²) in [6.07, 6.45) is -1.02. The lowest BCUT2D eigenvalue weighted by atomic mass is 10.2. The fraction of sp³-hybridized carbons (Fsp3) is 0.450. The van der Waals surface area contributed by atoms with Crippen molar-refractivity contribution in [1.82, 2.24) is 39.5 Å². The number of nitrogens with two attached hydrogens (primary N) is 1. The van der Waals surface area contributed by atoms with Crippen LogP contribution in [0.1, 0.15) is 0 Å². The zero-order chi connectivity index (χ0) is 24.3. The van der Waals surface area contributed by atoms with Crippen LogP contribution in [0.5, 0.6) is 0 Å². The molecule has 184 valence electrons. The van der Waals surface area contributed by atoms with E-state index in [-0.39, 0.29) is 36.5 Å². The fourth-order valence-corrected chi connectivity index (χ4v) is 4.41. The van der Waals surface area contributed by atoms with Crippen LogP contribution in [0.15, 0.2) is 24.4 Å². The summed E-state index contributed by atoms with van der Waals surface area (Å²) in [7, 11) is 0. The van der Waals surface area contributed by atoms with E-state index in [9.17, 15) is 17.6 Å². The van der Waals surface area contributed by atoms with Gasteiger partial charge in [-0.1, -0.05) is 5.21 Å². The van der Waals surface area contributed by atoms with Crippen molar-refractivity contribution in [3.8, 4) is 11.3 Å². The Labute approximate surface area is 194 Å². The van der Waals surface area contributed by atoms with Gasteiger partial charge in [0.15, 0.2) is 11.5 Å². The SMILES string of the molecule is Nc1nc(N[C@@H]2CN(C3COC3)CC2(F)F)nn2ccc(-c3ccc4nnn(CC(F)F)c4n3)c12. The van der Waals surface area contributed by atoms with Crippen molar-refractivity contribution in [2.45, 2.75) is 31.0 Å². The van der Waals surface area contributed by atoms with Crippen LogP contribution >= 0.6 is 0 Å². The van der Waals surface area contributed by atoms with Crippen LogP contribution < -0.4 is 11.1 Å². The highest BCUT2D eigenvalue weighted by atomic mass is 19.3. The van der Waals surface area contributed by atoms with Crippen molar-refractivity contribution >= 4 is 28.4 Å². The van der Waals surface area contributed by atoms with Crippen LogP contribution in [0.25, 0.3) is 27.9 Å². The highest BCUT2D eigenvalue weighted by Gasteiger charge is 2.51. The van der Waals surface area contributed by atoms with Gasteiger partial charge in [0.05, 0.1) is 31.5 Å². The van der Waals surface area contributed by atoms with E-state index in [0.29, 0.717) is 35.5 Å². The number of anilines is 2. The van der Waals surface area contributed by atoms with Crippen molar-refractivity contribution < 1.29 is 22.3 Å². The lowest BCUT2D eigenvalue weighted by Crippen LogP contribution is -2.48. The predicted molar refractivity (Wildman–Crippen MR) is 116 cm³/mol. The number of hydrogen-bond acceptors (Lipinski definition) is 9. The molecule has 0 aromatic carbocycles. The molecule has 0 unspecified atom stereocenters. The van der Waals surface area contributed by atoms with Crippen molar-refractivity contribution in [3.05, 3.63) is 24.4 Å². The van der Waals surface area contributed by atoms with Crippen LogP contribution in [-0.2, 0) is 11.3 Å². The second-order valence-electron chi connectivity index (χ2n) is 8.62. The number of aromatic nitrogens is 7. The molecule has 15 heteroatoms. The number of pyridine rings is 1. The molecule has 0 radical (unpaired) electrons. The van der Waals surface area contributed by atoms with Gasteiger partial charge in [-0.2, -0.15) is 4.98 Å². The second-order valence-corrected chi connectivity index (χ2v) is 8.62. The van der Waals surface area contributed by atoms with Gasteiger partial charge in [-0.25, -0.2) is 31.7 Å². The Morgan fingerprint density at radius 1 is 1.20 bits per heavy atom. The molecule has 0 amide bonds. The molecule has 2 aliphatic heterocycles. The number of fused-ring (bicyclic) bond motifs is 2. The Hall–Kier alpha value is -3.59. The molecule has 2 aliphatic rings. The highest BCUT2D eigenvalue weighted by molar-refractivity contribution is 5.88. The van der Waals surface area contributed by atoms with Gasteiger partial charge in [0, 0.05) is 18.3 Å². The molecule has 0 spiro atoms. The summed E-state index contributed by atoms with van der Waals surface area (Å²) in [5.74, 6) is -2.95. The third-order valence-corrected chi connectivity index (χ3v) is 6.27. The molecule has 1 atom stereocenters. The first kappa shape index (κ1) is 21.9. The van der Waals surface area contributed by atoms with E-state index in [1.165, 1.54) is 4.52 Å². The van der Waals surface area contributed by atoms with Gasteiger partial charge in [0.25, 0.3) is 12.3 Å². The third kappa shape index (κ3) is 3.80. The number of halogens is 4. The Balaban J connectivity index is 1.30. The van der Waals surface area contributed by atoms with Crippen LogP contribution in [0.4, 0.5) is 29.3 Å². The van der Waals surface area contributed by atoms with Crippen molar-refractivity contribution in [3.63, 3.8) is 0 Å². The molecule has 2 saturated heterocycles. The molecule has 3 N–H and O–H groups in total. The van der Waals surface area contributed by atoms with Gasteiger partial charge >= 0.3 is 0 Å². The summed E-state index contributed by atoms with van der Waals surface area (Å²) < 4.78 is 62.5. The average molecular weight is 492 g/mol. The smallest absolute Gasteiger partial charge is 0.281 e. The quantitative estimate of drug-likeness (QED) is 0.386.